The lowest BCUT2D eigenvalue weighted by atomic mass is 9.76. The summed E-state index contributed by atoms with van der Waals surface area (Å²) < 4.78 is 13.3. The summed E-state index contributed by atoms with van der Waals surface area (Å²) >= 11 is 6.02. The summed E-state index contributed by atoms with van der Waals surface area (Å²) in [4.78, 5) is 39.8. The van der Waals surface area contributed by atoms with Gasteiger partial charge in [-0.05, 0) is 181 Å². The van der Waals surface area contributed by atoms with Gasteiger partial charge in [0.15, 0.2) is 34.9 Å². The van der Waals surface area contributed by atoms with E-state index in [1.54, 1.807) is 18.5 Å². The van der Waals surface area contributed by atoms with E-state index in [9.17, 15) is 0 Å². The van der Waals surface area contributed by atoms with Crippen molar-refractivity contribution in [3.05, 3.63) is 467 Å². The Morgan fingerprint density at radius 2 is 0.400 bits per heavy atom. The second-order valence-electron chi connectivity index (χ2n) is 32.9. The largest absolute Gasteiger partial charge is 0.494 e. The number of rotatable bonds is 18. The summed E-state index contributed by atoms with van der Waals surface area (Å²) in [5.74, 6) is 3.54. The molecule has 5 heterocycles. The molecular weight excluding hydrogens is 1610 g/mol. The van der Waals surface area contributed by atoms with Crippen molar-refractivity contribution in [2.24, 2.45) is 0 Å². The Bertz CT molecular complexity index is 6980. The molecule has 12 heteroatoms. The highest BCUT2D eigenvalue weighted by molar-refractivity contribution is 6.62. The molecular formula is C118H88BClN8O2. The average molecular weight is 1700 g/mol. The normalized spacial score (nSPS) is 12.4. The number of pyridine rings is 2. The molecule has 10 nitrogen and oxygen atoms in total. The summed E-state index contributed by atoms with van der Waals surface area (Å²) in [7, 11) is -0.588. The summed E-state index contributed by atoms with van der Waals surface area (Å²) in [5.41, 5.74) is 29.5. The molecule has 0 spiro atoms. The molecule has 0 aliphatic carbocycles. The first kappa shape index (κ1) is 83.7. The van der Waals surface area contributed by atoms with Crippen LogP contribution in [0.25, 0.3) is 191 Å². The number of aromatic nitrogens is 8. The zero-order chi connectivity index (χ0) is 88.2. The van der Waals surface area contributed by atoms with Gasteiger partial charge in [0.2, 0.25) is 0 Å². The lowest BCUT2D eigenvalue weighted by molar-refractivity contribution is 0.00578. The molecule has 1 fully saturated rings. The predicted octanol–water partition coefficient (Wildman–Crippen LogP) is 29.5. The summed E-state index contributed by atoms with van der Waals surface area (Å²) in [6.45, 7) is 8.33. The zero-order valence-electron chi connectivity index (χ0n) is 72.2. The van der Waals surface area contributed by atoms with Gasteiger partial charge in [0, 0.05) is 69.3 Å². The Morgan fingerprint density at radius 1 is 0.192 bits per heavy atom. The van der Waals surface area contributed by atoms with Crippen LogP contribution >= 0.6 is 11.6 Å². The average Bonchev–Trinajstić information content (AvgIpc) is 1.35. The number of hydrogen-bond acceptors (Lipinski definition) is 10. The van der Waals surface area contributed by atoms with E-state index in [2.05, 4.69) is 402 Å². The van der Waals surface area contributed by atoms with Crippen LogP contribution < -0.4 is 5.46 Å². The van der Waals surface area contributed by atoms with E-state index in [0.29, 0.717) is 34.9 Å². The van der Waals surface area contributed by atoms with Crippen LogP contribution in [0.2, 0.25) is 5.02 Å². The highest BCUT2D eigenvalue weighted by atomic mass is 35.5. The smallest absolute Gasteiger partial charge is 0.399 e. The molecule has 0 bridgehead atoms. The summed E-state index contributed by atoms with van der Waals surface area (Å²) in [6, 6.07) is 151. The zero-order valence-corrected chi connectivity index (χ0v) is 73.0. The van der Waals surface area contributed by atoms with Crippen LogP contribution in [0.4, 0.5) is 0 Å². The molecule has 0 radical (unpaired) electrons. The predicted molar refractivity (Wildman–Crippen MR) is 535 cm³/mol. The molecule has 0 amide bonds. The molecule has 4 aromatic heterocycles. The molecule has 622 valence electrons. The Labute approximate surface area is 764 Å². The number of hydrogen-bond donors (Lipinski definition) is 0. The Morgan fingerprint density at radius 3 is 0.715 bits per heavy atom. The Hall–Kier alpha value is -15.9. The maximum absolute atomic E-state index is 6.65. The van der Waals surface area contributed by atoms with Crippen LogP contribution in [0.5, 0.6) is 0 Å². The van der Waals surface area contributed by atoms with Crippen LogP contribution in [0, 0.1) is 0 Å². The summed E-state index contributed by atoms with van der Waals surface area (Å²) in [5, 5.41) is 0.737. The van der Waals surface area contributed by atoms with E-state index in [1.165, 1.54) is 0 Å². The SMILES string of the molecule is CC1(C)OB(c2cc(-c3nc(-c4ccc(-c5ccccc5)cc4)nc(-c4ccc(-c5ccccc5)cc4)n3)cc(-c3ccccc3-c3ccccc3)c2)OC1(C)C.Clc1ccncc1-c1ccccc1.c1ccc(-c2ccc(-c3nc(-c4ccc(-c5ccccc5)cc4)nc(-c4cc(-c5ccccc5-c5ccccc5)cc(-c5ccncc5-c5ccccc5)c4)n3)cc2)cc1. The lowest BCUT2D eigenvalue weighted by Crippen LogP contribution is -2.41. The van der Waals surface area contributed by atoms with Gasteiger partial charge in [0.1, 0.15) is 0 Å². The standard InChI is InChI=1S/C56H38N4.C51H42BN3O2.C11H8ClN/c1-5-15-39(16-6-1)41-25-29-45(30-26-41)54-58-55(46-31-27-42(28-32-46)40-17-7-2-8-18-40)60-56(59-54)49-36-47(51-24-14-13-23-50(51)43-19-9-3-10-20-43)35-48(37-49)52-33-34-57-38-53(52)44-21-11-4-12-22-44;1-50(2)51(3,4)57-52(56-50)44-33-42(46-23-15-14-22-45(46)39-20-12-7-13-21-39)32-43(34-44)49-54-47(40-28-24-37(25-29-40)35-16-8-5-9-17-35)53-48(55-49)41-30-26-38(27-31-41)36-18-10-6-11-19-36;12-11-6-7-13-8-10(11)9-4-2-1-3-5-9/h1-38H;5-34H,1-4H3;1-8H. The van der Waals surface area contributed by atoms with Gasteiger partial charge >= 0.3 is 7.12 Å². The van der Waals surface area contributed by atoms with Crippen molar-refractivity contribution < 1.29 is 9.31 Å². The fourth-order valence-electron chi connectivity index (χ4n) is 16.3. The van der Waals surface area contributed by atoms with Crippen LogP contribution in [0.3, 0.4) is 0 Å². The minimum absolute atomic E-state index is 0.513. The van der Waals surface area contributed by atoms with E-state index < -0.39 is 18.3 Å². The van der Waals surface area contributed by atoms with Gasteiger partial charge in [0.05, 0.1) is 16.2 Å². The van der Waals surface area contributed by atoms with Gasteiger partial charge in [0.25, 0.3) is 0 Å². The van der Waals surface area contributed by atoms with Crippen LogP contribution in [0.15, 0.2) is 462 Å². The highest BCUT2D eigenvalue weighted by Crippen LogP contribution is 2.44. The third-order valence-corrected chi connectivity index (χ3v) is 24.2. The Balaban J connectivity index is 0.000000148. The fourth-order valence-corrected chi connectivity index (χ4v) is 16.5. The van der Waals surface area contributed by atoms with Crippen molar-refractivity contribution >= 4 is 24.2 Å². The lowest BCUT2D eigenvalue weighted by Gasteiger charge is -2.32. The van der Waals surface area contributed by atoms with E-state index in [-0.39, 0.29) is 0 Å². The third kappa shape index (κ3) is 18.8. The van der Waals surface area contributed by atoms with Crippen molar-refractivity contribution in [2.45, 2.75) is 38.9 Å². The fraction of sp³-hybridized carbons (Fsp3) is 0.0508. The van der Waals surface area contributed by atoms with Gasteiger partial charge in [-0.3, -0.25) is 9.97 Å². The van der Waals surface area contributed by atoms with E-state index in [1.807, 2.05) is 79.1 Å². The monoisotopic (exact) mass is 1690 g/mol. The number of halogens is 1. The molecule has 0 unspecified atom stereocenters. The second-order valence-corrected chi connectivity index (χ2v) is 33.4. The molecule has 20 aromatic rings. The van der Waals surface area contributed by atoms with Crippen molar-refractivity contribution in [1.82, 2.24) is 39.9 Å². The van der Waals surface area contributed by atoms with E-state index in [0.717, 1.165) is 166 Å². The number of nitrogens with zero attached hydrogens (tertiary/aromatic N) is 8. The molecule has 16 aromatic carbocycles. The van der Waals surface area contributed by atoms with Gasteiger partial charge in [-0.25, -0.2) is 29.9 Å². The van der Waals surface area contributed by atoms with Gasteiger partial charge in [-0.2, -0.15) is 0 Å². The molecule has 130 heavy (non-hydrogen) atoms. The molecule has 0 saturated carbocycles. The van der Waals surface area contributed by atoms with Crippen molar-refractivity contribution in [1.29, 1.82) is 0 Å². The molecule has 1 aliphatic rings. The van der Waals surface area contributed by atoms with E-state index >= 15 is 0 Å². The molecule has 0 atom stereocenters. The maximum Gasteiger partial charge on any atom is 0.494 e. The molecule has 21 rings (SSSR count). The van der Waals surface area contributed by atoms with Crippen LogP contribution in [-0.4, -0.2) is 58.2 Å². The van der Waals surface area contributed by atoms with Crippen molar-refractivity contribution in [3.8, 4) is 191 Å². The first-order chi connectivity index (χ1) is 63.8. The summed E-state index contributed by atoms with van der Waals surface area (Å²) in [6.07, 6.45) is 7.28. The van der Waals surface area contributed by atoms with Gasteiger partial charge in [-0.1, -0.05) is 412 Å². The quantitative estimate of drug-likeness (QED) is 0.0768. The van der Waals surface area contributed by atoms with Crippen molar-refractivity contribution in [2.75, 3.05) is 0 Å². The molecule has 1 aliphatic heterocycles. The van der Waals surface area contributed by atoms with E-state index in [4.69, 9.17) is 50.8 Å². The second kappa shape index (κ2) is 38.1. The molecule has 1 saturated heterocycles. The minimum Gasteiger partial charge on any atom is -0.399 e. The molecule has 0 N–H and O–H groups in total. The highest BCUT2D eigenvalue weighted by Gasteiger charge is 2.52. The Kier molecular flexibility index (Phi) is 24.5. The minimum atomic E-state index is -0.588. The maximum atomic E-state index is 6.65. The first-order valence-electron chi connectivity index (χ1n) is 43.6. The number of benzene rings is 16. The first-order valence-corrected chi connectivity index (χ1v) is 44.0. The topological polar surface area (TPSA) is 122 Å². The van der Waals surface area contributed by atoms with Gasteiger partial charge < -0.3 is 9.31 Å². The van der Waals surface area contributed by atoms with Gasteiger partial charge in [-0.15, -0.1) is 0 Å². The van der Waals surface area contributed by atoms with Crippen LogP contribution in [-0.2, 0) is 9.31 Å². The third-order valence-electron chi connectivity index (χ3n) is 23.9. The van der Waals surface area contributed by atoms with Crippen LogP contribution in [0.1, 0.15) is 27.7 Å². The van der Waals surface area contributed by atoms with Crippen molar-refractivity contribution in [3.63, 3.8) is 0 Å².